The SMILES string of the molecule is CCCc1cc(-c2cc(CN(c3ccc(OC)cc3)C3CCNCC3)ccn2)cc(O)c1OC. The summed E-state index contributed by atoms with van der Waals surface area (Å²) in [6.45, 7) is 4.97. The van der Waals surface area contributed by atoms with Crippen LogP contribution in [0.5, 0.6) is 17.2 Å². The van der Waals surface area contributed by atoms with E-state index < -0.39 is 0 Å². The summed E-state index contributed by atoms with van der Waals surface area (Å²) in [6, 6.07) is 16.8. The normalized spacial score (nSPS) is 14.1. The van der Waals surface area contributed by atoms with Crippen LogP contribution in [0, 0.1) is 0 Å². The van der Waals surface area contributed by atoms with Crippen LogP contribution in [-0.2, 0) is 13.0 Å². The van der Waals surface area contributed by atoms with E-state index in [2.05, 4.69) is 52.5 Å². The smallest absolute Gasteiger partial charge is 0.163 e. The van der Waals surface area contributed by atoms with Gasteiger partial charge in [-0.25, -0.2) is 0 Å². The van der Waals surface area contributed by atoms with Crippen molar-refractivity contribution in [3.05, 3.63) is 65.9 Å². The second-order valence-electron chi connectivity index (χ2n) is 8.79. The number of hydrogen-bond acceptors (Lipinski definition) is 6. The number of hydrogen-bond donors (Lipinski definition) is 2. The molecule has 0 unspecified atom stereocenters. The molecule has 1 saturated heterocycles. The molecule has 2 heterocycles. The van der Waals surface area contributed by atoms with Crippen LogP contribution in [0.2, 0.25) is 0 Å². The topological polar surface area (TPSA) is 66.9 Å². The van der Waals surface area contributed by atoms with E-state index in [4.69, 9.17) is 9.47 Å². The van der Waals surface area contributed by atoms with Crippen molar-refractivity contribution in [3.8, 4) is 28.5 Å². The predicted molar refractivity (Wildman–Crippen MR) is 137 cm³/mol. The number of ether oxygens (including phenoxy) is 2. The molecule has 2 aromatic carbocycles. The number of anilines is 1. The van der Waals surface area contributed by atoms with E-state index in [1.54, 1.807) is 20.3 Å². The molecule has 1 aliphatic heterocycles. The fourth-order valence-electron chi connectivity index (χ4n) is 4.76. The number of aryl methyl sites for hydroxylation is 1. The number of aromatic hydroxyl groups is 1. The van der Waals surface area contributed by atoms with Gasteiger partial charge in [0.2, 0.25) is 0 Å². The number of phenols is 1. The van der Waals surface area contributed by atoms with Crippen LogP contribution >= 0.6 is 0 Å². The summed E-state index contributed by atoms with van der Waals surface area (Å²) in [5.74, 6) is 1.57. The first-order chi connectivity index (χ1) is 16.6. The molecule has 2 N–H and O–H groups in total. The zero-order valence-electron chi connectivity index (χ0n) is 20.4. The molecule has 0 amide bonds. The zero-order valence-corrected chi connectivity index (χ0v) is 20.4. The lowest BCUT2D eigenvalue weighted by atomic mass is 10.0. The van der Waals surface area contributed by atoms with Gasteiger partial charge in [0.05, 0.1) is 19.9 Å². The van der Waals surface area contributed by atoms with E-state index in [1.165, 1.54) is 11.3 Å². The number of aromatic nitrogens is 1. The number of methoxy groups -OCH3 is 2. The lowest BCUT2D eigenvalue weighted by Gasteiger charge is -2.36. The first-order valence-corrected chi connectivity index (χ1v) is 12.1. The van der Waals surface area contributed by atoms with Crippen molar-refractivity contribution in [2.45, 2.75) is 45.2 Å². The van der Waals surface area contributed by atoms with Gasteiger partial charge in [-0.15, -0.1) is 0 Å². The molecule has 0 radical (unpaired) electrons. The van der Waals surface area contributed by atoms with Crippen LogP contribution < -0.4 is 19.7 Å². The number of nitrogens with one attached hydrogen (secondary N) is 1. The highest BCUT2D eigenvalue weighted by atomic mass is 16.5. The first kappa shape index (κ1) is 23.9. The number of rotatable bonds is 9. The molecule has 1 fully saturated rings. The highest BCUT2D eigenvalue weighted by Crippen LogP contribution is 2.36. The van der Waals surface area contributed by atoms with Gasteiger partial charge < -0.3 is 24.8 Å². The Hall–Kier alpha value is -3.25. The fourth-order valence-corrected chi connectivity index (χ4v) is 4.76. The largest absolute Gasteiger partial charge is 0.504 e. The van der Waals surface area contributed by atoms with Gasteiger partial charge in [0.25, 0.3) is 0 Å². The molecule has 6 heteroatoms. The van der Waals surface area contributed by atoms with Gasteiger partial charge in [0, 0.05) is 30.0 Å². The van der Waals surface area contributed by atoms with Crippen molar-refractivity contribution in [2.75, 3.05) is 32.2 Å². The highest BCUT2D eigenvalue weighted by Gasteiger charge is 2.22. The van der Waals surface area contributed by atoms with Crippen molar-refractivity contribution < 1.29 is 14.6 Å². The second kappa shape index (κ2) is 11.3. The summed E-state index contributed by atoms with van der Waals surface area (Å²) in [6.07, 6.45) is 5.89. The van der Waals surface area contributed by atoms with E-state index in [9.17, 15) is 5.11 Å². The van der Waals surface area contributed by atoms with Gasteiger partial charge >= 0.3 is 0 Å². The number of benzene rings is 2. The maximum atomic E-state index is 10.6. The van der Waals surface area contributed by atoms with E-state index >= 15 is 0 Å². The molecule has 0 bridgehead atoms. The molecule has 0 saturated carbocycles. The van der Waals surface area contributed by atoms with Crippen molar-refractivity contribution >= 4 is 5.69 Å². The van der Waals surface area contributed by atoms with Crippen molar-refractivity contribution in [1.82, 2.24) is 10.3 Å². The minimum Gasteiger partial charge on any atom is -0.504 e. The fraction of sp³-hybridized carbons (Fsp3) is 0.393. The van der Waals surface area contributed by atoms with E-state index in [-0.39, 0.29) is 5.75 Å². The molecule has 6 nitrogen and oxygen atoms in total. The van der Waals surface area contributed by atoms with E-state index in [1.807, 2.05) is 18.3 Å². The maximum Gasteiger partial charge on any atom is 0.163 e. The Bertz CT molecular complexity index is 1080. The average molecular weight is 462 g/mol. The molecule has 0 spiro atoms. The van der Waals surface area contributed by atoms with Gasteiger partial charge in [-0.1, -0.05) is 13.3 Å². The molecular formula is C28H35N3O3. The number of phenolic OH excluding ortho intramolecular Hbond substituents is 1. The summed E-state index contributed by atoms with van der Waals surface area (Å²) in [4.78, 5) is 7.12. The predicted octanol–water partition coefficient (Wildman–Crippen LogP) is 5.18. The molecular weight excluding hydrogens is 426 g/mol. The molecule has 4 rings (SSSR count). The third-order valence-electron chi connectivity index (χ3n) is 6.50. The maximum absolute atomic E-state index is 10.6. The van der Waals surface area contributed by atoms with Gasteiger partial charge in [-0.2, -0.15) is 0 Å². The molecule has 0 atom stereocenters. The van der Waals surface area contributed by atoms with Crippen LogP contribution in [-0.4, -0.2) is 43.4 Å². The van der Waals surface area contributed by atoms with Crippen molar-refractivity contribution in [2.24, 2.45) is 0 Å². The minimum atomic E-state index is 0.158. The van der Waals surface area contributed by atoms with Gasteiger partial charge in [-0.05, 0) is 92.0 Å². The lowest BCUT2D eigenvalue weighted by Crippen LogP contribution is -2.43. The zero-order chi connectivity index (χ0) is 23.9. The van der Waals surface area contributed by atoms with Gasteiger partial charge in [0.15, 0.2) is 11.5 Å². The first-order valence-electron chi connectivity index (χ1n) is 12.1. The van der Waals surface area contributed by atoms with Crippen LogP contribution in [0.4, 0.5) is 5.69 Å². The summed E-state index contributed by atoms with van der Waals surface area (Å²) in [5, 5.41) is 14.0. The van der Waals surface area contributed by atoms with Crippen molar-refractivity contribution in [3.63, 3.8) is 0 Å². The Balaban J connectivity index is 1.65. The number of nitrogens with zero attached hydrogens (tertiary/aromatic N) is 2. The summed E-state index contributed by atoms with van der Waals surface area (Å²) in [7, 11) is 3.29. The Morgan fingerprint density at radius 1 is 1.03 bits per heavy atom. The highest BCUT2D eigenvalue weighted by molar-refractivity contribution is 5.67. The Kier molecular flexibility index (Phi) is 7.91. The summed E-state index contributed by atoms with van der Waals surface area (Å²) < 4.78 is 10.8. The molecule has 180 valence electrons. The van der Waals surface area contributed by atoms with E-state index in [0.29, 0.717) is 11.8 Å². The van der Waals surface area contributed by atoms with Gasteiger partial charge in [-0.3, -0.25) is 4.98 Å². The molecule has 1 aliphatic rings. The van der Waals surface area contributed by atoms with Gasteiger partial charge in [0.1, 0.15) is 5.75 Å². The van der Waals surface area contributed by atoms with Crippen LogP contribution in [0.3, 0.4) is 0 Å². The minimum absolute atomic E-state index is 0.158. The Labute approximate surface area is 202 Å². The summed E-state index contributed by atoms with van der Waals surface area (Å²) >= 11 is 0. The van der Waals surface area contributed by atoms with Crippen LogP contribution in [0.1, 0.15) is 37.3 Å². The Morgan fingerprint density at radius 3 is 2.47 bits per heavy atom. The summed E-state index contributed by atoms with van der Waals surface area (Å²) in [5.41, 5.74) is 5.14. The molecule has 3 aromatic rings. The average Bonchev–Trinajstić information content (AvgIpc) is 2.88. The third-order valence-corrected chi connectivity index (χ3v) is 6.50. The van der Waals surface area contributed by atoms with Crippen molar-refractivity contribution in [1.29, 1.82) is 0 Å². The quantitative estimate of drug-likeness (QED) is 0.458. The lowest BCUT2D eigenvalue weighted by molar-refractivity contribution is 0.369. The van der Waals surface area contributed by atoms with E-state index in [0.717, 1.165) is 67.9 Å². The monoisotopic (exact) mass is 461 g/mol. The standard InChI is InChI=1S/C28H35N3O3/c1-4-5-21-17-22(18-27(32)28(21)34-3)26-16-20(10-15-30-26)19-31(24-11-13-29-14-12-24)23-6-8-25(33-2)9-7-23/h6-10,15-18,24,29,32H,4-5,11-14,19H2,1-3H3. The molecule has 34 heavy (non-hydrogen) atoms. The van der Waals surface area contributed by atoms with Crippen LogP contribution in [0.15, 0.2) is 54.7 Å². The third kappa shape index (κ3) is 5.45. The number of pyridine rings is 1. The Morgan fingerprint density at radius 2 is 1.79 bits per heavy atom. The van der Waals surface area contributed by atoms with Crippen LogP contribution in [0.25, 0.3) is 11.3 Å². The second-order valence-corrected chi connectivity index (χ2v) is 8.79. The molecule has 0 aliphatic carbocycles. The molecule has 1 aromatic heterocycles. The number of piperidine rings is 1.